The van der Waals surface area contributed by atoms with E-state index in [-0.39, 0.29) is 16.5 Å². The lowest BCUT2D eigenvalue weighted by Crippen LogP contribution is -2.56. The third-order valence-corrected chi connectivity index (χ3v) is 4.01. The summed E-state index contributed by atoms with van der Waals surface area (Å²) in [6.45, 7) is 0. The van der Waals surface area contributed by atoms with Crippen molar-refractivity contribution in [1.29, 1.82) is 0 Å². The Morgan fingerprint density at radius 2 is 2.08 bits per heavy atom. The number of hydrogen-bond donors (Lipinski definition) is 1. The minimum Gasteiger partial charge on any atom is -0.459 e. The van der Waals surface area contributed by atoms with Gasteiger partial charge in [0.1, 0.15) is 0 Å². The number of amides is 1. The molecular weight excluding hydrogens is 393 g/mol. The number of benzene rings is 1. The molecule has 1 aromatic carbocycles. The molecule has 0 fully saturated rings. The standard InChI is InChI=1S/C15H10BrF3N2O3/c16-10-4-1-3-9(7-10)11-8-14(23,15(17,18)19)21(20-11)13(22)12-5-2-6-24-12/h1-7,23H,8H2/t14-/m0/s1. The monoisotopic (exact) mass is 402 g/mol. The summed E-state index contributed by atoms with van der Waals surface area (Å²) in [5.41, 5.74) is -3.13. The summed E-state index contributed by atoms with van der Waals surface area (Å²) >= 11 is 3.22. The zero-order valence-corrected chi connectivity index (χ0v) is 13.5. The molecule has 2 aromatic rings. The highest BCUT2D eigenvalue weighted by molar-refractivity contribution is 9.10. The number of carbonyl (C=O) groups excluding carboxylic acids is 1. The van der Waals surface area contributed by atoms with Crippen LogP contribution in [0.1, 0.15) is 22.5 Å². The molecule has 24 heavy (non-hydrogen) atoms. The molecule has 9 heteroatoms. The quantitative estimate of drug-likeness (QED) is 0.835. The molecule has 1 atom stereocenters. The van der Waals surface area contributed by atoms with E-state index in [1.807, 2.05) is 0 Å². The summed E-state index contributed by atoms with van der Waals surface area (Å²) in [5, 5.41) is 13.9. The molecule has 1 amide bonds. The van der Waals surface area contributed by atoms with Crippen molar-refractivity contribution >= 4 is 27.5 Å². The molecule has 0 saturated carbocycles. The van der Waals surface area contributed by atoms with Crippen molar-refractivity contribution in [3.8, 4) is 0 Å². The van der Waals surface area contributed by atoms with Gasteiger partial charge in [-0.3, -0.25) is 4.79 Å². The SMILES string of the molecule is O=C(c1ccco1)N1N=C(c2cccc(Br)c2)C[C@]1(O)C(F)(F)F. The van der Waals surface area contributed by atoms with Crippen LogP contribution >= 0.6 is 15.9 Å². The number of nitrogens with zero attached hydrogens (tertiary/aromatic N) is 2. The Labute approximate surface area is 142 Å². The topological polar surface area (TPSA) is 66.0 Å². The van der Waals surface area contributed by atoms with Crippen LogP contribution in [0.2, 0.25) is 0 Å². The van der Waals surface area contributed by atoms with Gasteiger partial charge >= 0.3 is 12.1 Å². The lowest BCUT2D eigenvalue weighted by atomic mass is 10.0. The first kappa shape index (κ1) is 16.7. The first-order valence-electron chi connectivity index (χ1n) is 6.73. The van der Waals surface area contributed by atoms with Gasteiger partial charge < -0.3 is 9.52 Å². The lowest BCUT2D eigenvalue weighted by Gasteiger charge is -2.31. The van der Waals surface area contributed by atoms with Crippen LogP contribution in [0.3, 0.4) is 0 Å². The first-order chi connectivity index (χ1) is 11.2. The maximum atomic E-state index is 13.4. The van der Waals surface area contributed by atoms with Crippen molar-refractivity contribution in [3.63, 3.8) is 0 Å². The second kappa shape index (κ2) is 5.75. The average Bonchev–Trinajstić information content (AvgIpc) is 3.14. The molecule has 0 aliphatic carbocycles. The maximum Gasteiger partial charge on any atom is 0.438 e. The minimum atomic E-state index is -5.09. The zero-order valence-electron chi connectivity index (χ0n) is 11.9. The van der Waals surface area contributed by atoms with Crippen molar-refractivity contribution < 1.29 is 27.5 Å². The van der Waals surface area contributed by atoms with E-state index in [0.29, 0.717) is 10.0 Å². The average molecular weight is 403 g/mol. The van der Waals surface area contributed by atoms with Gasteiger partial charge in [-0.15, -0.1) is 0 Å². The molecule has 3 rings (SSSR count). The number of hydrazone groups is 1. The fraction of sp³-hybridized carbons (Fsp3) is 0.200. The Morgan fingerprint density at radius 3 is 2.67 bits per heavy atom. The molecule has 1 N–H and O–H groups in total. The van der Waals surface area contributed by atoms with Crippen LogP contribution in [0.5, 0.6) is 0 Å². The van der Waals surface area contributed by atoms with Crippen molar-refractivity contribution in [1.82, 2.24) is 5.01 Å². The summed E-state index contributed by atoms with van der Waals surface area (Å²) in [6, 6.07) is 8.96. The van der Waals surface area contributed by atoms with Gasteiger partial charge in [-0.25, -0.2) is 0 Å². The summed E-state index contributed by atoms with van der Waals surface area (Å²) in [5.74, 6) is -1.53. The van der Waals surface area contributed by atoms with Crippen LogP contribution in [0, 0.1) is 0 Å². The predicted octanol–water partition coefficient (Wildman–Crippen LogP) is 3.54. The van der Waals surface area contributed by atoms with Gasteiger partial charge in [0, 0.05) is 4.47 Å². The van der Waals surface area contributed by atoms with Crippen LogP contribution in [0.25, 0.3) is 0 Å². The summed E-state index contributed by atoms with van der Waals surface area (Å²) in [7, 11) is 0. The summed E-state index contributed by atoms with van der Waals surface area (Å²) in [4.78, 5) is 12.3. The van der Waals surface area contributed by atoms with Gasteiger partial charge in [0.05, 0.1) is 18.4 Å². The number of furan rings is 1. The Hall–Kier alpha value is -2.13. The van der Waals surface area contributed by atoms with Gasteiger partial charge in [-0.05, 0) is 29.8 Å². The van der Waals surface area contributed by atoms with Gasteiger partial charge in [0.15, 0.2) is 5.76 Å². The Kier molecular flexibility index (Phi) is 4.00. The molecular formula is C15H10BrF3N2O3. The highest BCUT2D eigenvalue weighted by Gasteiger charge is 2.63. The van der Waals surface area contributed by atoms with Gasteiger partial charge in [-0.2, -0.15) is 23.3 Å². The van der Waals surface area contributed by atoms with E-state index >= 15 is 0 Å². The van der Waals surface area contributed by atoms with Crippen LogP contribution < -0.4 is 0 Å². The second-order valence-electron chi connectivity index (χ2n) is 5.14. The number of carbonyl (C=O) groups is 1. The van der Waals surface area contributed by atoms with Gasteiger partial charge in [-0.1, -0.05) is 28.1 Å². The summed E-state index contributed by atoms with van der Waals surface area (Å²) < 4.78 is 45.7. The molecule has 5 nitrogen and oxygen atoms in total. The van der Waals surface area contributed by atoms with Crippen molar-refractivity contribution in [2.45, 2.75) is 18.3 Å². The third kappa shape index (κ3) is 2.73. The molecule has 1 aliphatic heterocycles. The molecule has 0 unspecified atom stereocenters. The molecule has 126 valence electrons. The van der Waals surface area contributed by atoms with Crippen LogP contribution in [0.15, 0.2) is 56.7 Å². The molecule has 0 saturated heterocycles. The van der Waals surface area contributed by atoms with Crippen LogP contribution in [-0.4, -0.2) is 33.6 Å². The van der Waals surface area contributed by atoms with E-state index in [9.17, 15) is 23.1 Å². The van der Waals surface area contributed by atoms with E-state index < -0.39 is 24.2 Å². The zero-order chi connectivity index (χ0) is 17.5. The summed E-state index contributed by atoms with van der Waals surface area (Å²) in [6.07, 6.45) is -4.82. The van der Waals surface area contributed by atoms with E-state index in [4.69, 9.17) is 4.42 Å². The van der Waals surface area contributed by atoms with Gasteiger partial charge in [0.25, 0.3) is 5.72 Å². The Morgan fingerprint density at radius 1 is 1.33 bits per heavy atom. The molecule has 2 heterocycles. The normalized spacial score (nSPS) is 21.0. The van der Waals surface area contributed by atoms with E-state index in [1.54, 1.807) is 24.3 Å². The lowest BCUT2D eigenvalue weighted by molar-refractivity contribution is -0.297. The number of halogens is 4. The second-order valence-corrected chi connectivity index (χ2v) is 6.06. The number of aliphatic hydroxyl groups is 1. The van der Waals surface area contributed by atoms with Crippen molar-refractivity contribution in [2.24, 2.45) is 5.10 Å². The molecule has 1 aromatic heterocycles. The van der Waals surface area contributed by atoms with E-state index in [1.165, 1.54) is 12.1 Å². The fourth-order valence-electron chi connectivity index (χ4n) is 2.31. The number of hydrogen-bond acceptors (Lipinski definition) is 4. The van der Waals surface area contributed by atoms with E-state index in [0.717, 1.165) is 6.26 Å². The Balaban J connectivity index is 2.05. The fourth-order valence-corrected chi connectivity index (χ4v) is 2.71. The molecule has 0 bridgehead atoms. The smallest absolute Gasteiger partial charge is 0.438 e. The molecule has 1 aliphatic rings. The first-order valence-corrected chi connectivity index (χ1v) is 7.52. The molecule has 0 spiro atoms. The minimum absolute atomic E-state index is 0.0298. The van der Waals surface area contributed by atoms with Crippen molar-refractivity contribution in [2.75, 3.05) is 0 Å². The predicted molar refractivity (Wildman–Crippen MR) is 81.2 cm³/mol. The maximum absolute atomic E-state index is 13.4. The van der Waals surface area contributed by atoms with Crippen molar-refractivity contribution in [3.05, 3.63) is 58.5 Å². The Bertz CT molecular complexity index is 805. The van der Waals surface area contributed by atoms with Crippen LogP contribution in [0.4, 0.5) is 13.2 Å². The van der Waals surface area contributed by atoms with Gasteiger partial charge in [0.2, 0.25) is 0 Å². The highest BCUT2D eigenvalue weighted by atomic mass is 79.9. The highest BCUT2D eigenvalue weighted by Crippen LogP contribution is 2.42. The number of alkyl halides is 3. The largest absolute Gasteiger partial charge is 0.459 e. The van der Waals surface area contributed by atoms with E-state index in [2.05, 4.69) is 21.0 Å². The number of rotatable bonds is 2. The van der Waals surface area contributed by atoms with Crippen LogP contribution in [-0.2, 0) is 0 Å². The third-order valence-electron chi connectivity index (χ3n) is 3.52. The molecule has 0 radical (unpaired) electrons.